The summed E-state index contributed by atoms with van der Waals surface area (Å²) in [7, 11) is 1.41. The van der Waals surface area contributed by atoms with Gasteiger partial charge >= 0.3 is 12.1 Å². The summed E-state index contributed by atoms with van der Waals surface area (Å²) in [4.78, 5) is 10.5. The number of amides is 1. The molecule has 1 fully saturated rings. The van der Waals surface area contributed by atoms with E-state index in [1.54, 1.807) is 5.32 Å². The van der Waals surface area contributed by atoms with Crippen LogP contribution in [0.2, 0.25) is 0 Å². The van der Waals surface area contributed by atoms with E-state index in [0.29, 0.717) is 13.0 Å². The van der Waals surface area contributed by atoms with Gasteiger partial charge in [0.05, 0.1) is 6.61 Å². The number of nitrogens with one attached hydrogen (secondary N) is 1. The Morgan fingerprint density at radius 3 is 2.80 bits per heavy atom. The Kier molecular flexibility index (Phi) is 3.92. The highest BCUT2D eigenvalue weighted by Gasteiger charge is 2.39. The van der Waals surface area contributed by atoms with Crippen LogP contribution < -0.4 is 5.32 Å². The lowest BCUT2D eigenvalue weighted by molar-refractivity contribution is -0.174. The summed E-state index contributed by atoms with van der Waals surface area (Å²) in [6, 6.07) is 0. The lowest BCUT2D eigenvalue weighted by Crippen LogP contribution is -2.41. The topological polar surface area (TPSA) is 47.6 Å². The van der Waals surface area contributed by atoms with Gasteiger partial charge in [0.25, 0.3) is 0 Å². The Balaban J connectivity index is 2.34. The molecule has 1 amide bonds. The maximum atomic E-state index is 11.8. The molecule has 0 radical (unpaired) electrons. The van der Waals surface area contributed by atoms with Crippen molar-refractivity contribution in [2.45, 2.75) is 18.9 Å². The van der Waals surface area contributed by atoms with Crippen molar-refractivity contribution in [3.63, 3.8) is 0 Å². The first-order chi connectivity index (χ1) is 6.95. The number of methoxy groups -OCH3 is 1. The van der Waals surface area contributed by atoms with E-state index in [1.165, 1.54) is 7.11 Å². The molecule has 2 atom stereocenters. The van der Waals surface area contributed by atoms with Gasteiger partial charge in [0.1, 0.15) is 0 Å². The molecule has 0 aromatic rings. The van der Waals surface area contributed by atoms with Crippen LogP contribution in [0.15, 0.2) is 0 Å². The monoisotopic (exact) mass is 227 g/mol. The minimum absolute atomic E-state index is 0.0865. The molecule has 0 spiro atoms. The fraction of sp³-hybridized carbons (Fsp3) is 0.875. The molecule has 15 heavy (non-hydrogen) atoms. The van der Waals surface area contributed by atoms with E-state index in [1.807, 2.05) is 0 Å². The van der Waals surface area contributed by atoms with E-state index in [9.17, 15) is 18.0 Å². The zero-order valence-corrected chi connectivity index (χ0v) is 8.13. The van der Waals surface area contributed by atoms with E-state index in [-0.39, 0.29) is 12.5 Å². The van der Waals surface area contributed by atoms with Crippen molar-refractivity contribution < 1.29 is 27.4 Å². The van der Waals surface area contributed by atoms with E-state index < -0.39 is 18.4 Å². The number of halogens is 3. The molecule has 4 nitrogen and oxygen atoms in total. The van der Waals surface area contributed by atoms with Crippen LogP contribution in [0, 0.1) is 5.92 Å². The predicted octanol–water partition coefficient (Wildman–Crippen LogP) is 0.674. The average molecular weight is 227 g/mol. The summed E-state index contributed by atoms with van der Waals surface area (Å²) < 4.78 is 45.4. The molecule has 88 valence electrons. The molecule has 0 bridgehead atoms. The summed E-state index contributed by atoms with van der Waals surface area (Å²) in [5.41, 5.74) is 0. The van der Waals surface area contributed by atoms with Gasteiger partial charge in [-0.1, -0.05) is 0 Å². The second-order valence-electron chi connectivity index (χ2n) is 3.23. The second kappa shape index (κ2) is 4.80. The second-order valence-corrected chi connectivity index (χ2v) is 3.23. The van der Waals surface area contributed by atoms with Crippen molar-refractivity contribution in [3.05, 3.63) is 0 Å². The number of carbonyl (C=O) groups is 1. The van der Waals surface area contributed by atoms with Crippen LogP contribution in [0.25, 0.3) is 0 Å². The van der Waals surface area contributed by atoms with Crippen molar-refractivity contribution in [1.29, 1.82) is 0 Å². The third kappa shape index (κ3) is 3.35. The van der Waals surface area contributed by atoms with E-state index in [4.69, 9.17) is 9.47 Å². The molecule has 1 saturated heterocycles. The van der Waals surface area contributed by atoms with Crippen LogP contribution in [0.5, 0.6) is 0 Å². The van der Waals surface area contributed by atoms with Crippen LogP contribution in [-0.4, -0.2) is 38.6 Å². The number of carbonyl (C=O) groups excluding carboxylic acids is 1. The SMILES string of the molecule is COC1OCCC1CNC(=O)C(F)(F)F. The van der Waals surface area contributed by atoms with Crippen LogP contribution in [0.1, 0.15) is 6.42 Å². The Labute approximate surface area is 84.7 Å². The molecule has 7 heteroatoms. The zero-order chi connectivity index (χ0) is 11.5. The van der Waals surface area contributed by atoms with Crippen molar-refractivity contribution in [3.8, 4) is 0 Å². The normalized spacial score (nSPS) is 26.7. The molecule has 0 saturated carbocycles. The highest BCUT2D eigenvalue weighted by Crippen LogP contribution is 2.21. The van der Waals surface area contributed by atoms with Crippen LogP contribution in [0.3, 0.4) is 0 Å². The van der Waals surface area contributed by atoms with E-state index in [0.717, 1.165) is 0 Å². The van der Waals surface area contributed by atoms with Gasteiger partial charge in [0.2, 0.25) is 0 Å². The molecule has 0 aliphatic carbocycles. The van der Waals surface area contributed by atoms with Crippen molar-refractivity contribution in [2.75, 3.05) is 20.3 Å². The Hall–Kier alpha value is -0.820. The number of alkyl halides is 3. The van der Waals surface area contributed by atoms with Crippen molar-refractivity contribution in [1.82, 2.24) is 5.32 Å². The first-order valence-corrected chi connectivity index (χ1v) is 4.44. The Morgan fingerprint density at radius 1 is 1.60 bits per heavy atom. The molecule has 1 aliphatic rings. The summed E-state index contributed by atoms with van der Waals surface area (Å²) in [6.07, 6.45) is -4.78. The van der Waals surface area contributed by atoms with Crippen LogP contribution in [0.4, 0.5) is 13.2 Å². The smallest absolute Gasteiger partial charge is 0.356 e. The van der Waals surface area contributed by atoms with Gasteiger partial charge in [-0.2, -0.15) is 13.2 Å². The van der Waals surface area contributed by atoms with Gasteiger partial charge in [0.15, 0.2) is 6.29 Å². The van der Waals surface area contributed by atoms with E-state index in [2.05, 4.69) is 0 Å². The maximum Gasteiger partial charge on any atom is 0.471 e. The van der Waals surface area contributed by atoms with Gasteiger partial charge in [-0.05, 0) is 6.42 Å². The first-order valence-electron chi connectivity index (χ1n) is 4.44. The lowest BCUT2D eigenvalue weighted by atomic mass is 10.1. The largest absolute Gasteiger partial charge is 0.471 e. The summed E-state index contributed by atoms with van der Waals surface area (Å²) >= 11 is 0. The van der Waals surface area contributed by atoms with Crippen LogP contribution >= 0.6 is 0 Å². The first kappa shape index (κ1) is 12.3. The summed E-state index contributed by atoms with van der Waals surface area (Å²) in [5, 5.41) is 1.80. The van der Waals surface area contributed by atoms with Crippen molar-refractivity contribution in [2.24, 2.45) is 5.92 Å². The highest BCUT2D eigenvalue weighted by molar-refractivity contribution is 5.81. The Morgan fingerprint density at radius 2 is 2.27 bits per heavy atom. The molecule has 1 aliphatic heterocycles. The summed E-state index contributed by atoms with van der Waals surface area (Å²) in [6.45, 7) is 0.349. The average Bonchev–Trinajstić information content (AvgIpc) is 2.59. The maximum absolute atomic E-state index is 11.8. The van der Waals surface area contributed by atoms with Crippen LogP contribution in [-0.2, 0) is 14.3 Å². The number of hydrogen-bond donors (Lipinski definition) is 1. The zero-order valence-electron chi connectivity index (χ0n) is 8.13. The fourth-order valence-corrected chi connectivity index (χ4v) is 1.39. The third-order valence-corrected chi connectivity index (χ3v) is 2.17. The molecule has 0 aromatic heterocycles. The lowest BCUT2D eigenvalue weighted by Gasteiger charge is -2.17. The van der Waals surface area contributed by atoms with Gasteiger partial charge in [0, 0.05) is 19.6 Å². The molecule has 1 rings (SSSR count). The van der Waals surface area contributed by atoms with Gasteiger partial charge in [-0.25, -0.2) is 0 Å². The minimum atomic E-state index is -4.83. The number of ether oxygens (including phenoxy) is 2. The van der Waals surface area contributed by atoms with Crippen molar-refractivity contribution >= 4 is 5.91 Å². The minimum Gasteiger partial charge on any atom is -0.356 e. The summed E-state index contributed by atoms with van der Waals surface area (Å²) in [5.74, 6) is -2.15. The molecule has 1 N–H and O–H groups in total. The highest BCUT2D eigenvalue weighted by atomic mass is 19.4. The van der Waals surface area contributed by atoms with E-state index >= 15 is 0 Å². The number of rotatable bonds is 3. The standard InChI is InChI=1S/C8H12F3NO3/c1-14-6-5(2-3-15-6)4-12-7(13)8(9,10)11/h5-6H,2-4H2,1H3,(H,12,13). The Bertz CT molecular complexity index is 232. The quantitative estimate of drug-likeness (QED) is 0.771. The number of hydrogen-bond acceptors (Lipinski definition) is 3. The predicted molar refractivity (Wildman–Crippen MR) is 43.9 cm³/mol. The third-order valence-electron chi connectivity index (χ3n) is 2.17. The molecule has 0 aromatic carbocycles. The molecular formula is C8H12F3NO3. The molecule has 2 unspecified atom stereocenters. The molecular weight excluding hydrogens is 215 g/mol. The molecule has 1 heterocycles. The fourth-order valence-electron chi connectivity index (χ4n) is 1.39. The van der Waals surface area contributed by atoms with Gasteiger partial charge < -0.3 is 14.8 Å². The van der Waals surface area contributed by atoms with Gasteiger partial charge in [-0.15, -0.1) is 0 Å². The van der Waals surface area contributed by atoms with Gasteiger partial charge in [-0.3, -0.25) is 4.79 Å².